The third-order valence-corrected chi connectivity index (χ3v) is 4.34. The van der Waals surface area contributed by atoms with Crippen molar-refractivity contribution in [2.75, 3.05) is 0 Å². The molecule has 0 aliphatic carbocycles. The number of fused-ring (bicyclic) bond motifs is 1. The molecule has 0 spiro atoms. The lowest BCUT2D eigenvalue weighted by atomic mass is 9.91. The summed E-state index contributed by atoms with van der Waals surface area (Å²) >= 11 is 0. The molecular weight excluding hydrogens is 266 g/mol. The summed E-state index contributed by atoms with van der Waals surface area (Å²) in [5.41, 5.74) is 0.385. The van der Waals surface area contributed by atoms with E-state index >= 15 is 0 Å². The predicted molar refractivity (Wildman–Crippen MR) is 80.1 cm³/mol. The molecule has 0 unspecified atom stereocenters. The Hall–Kier alpha value is -1.91. The summed E-state index contributed by atoms with van der Waals surface area (Å²) in [5.74, 6) is 0.526. The lowest BCUT2D eigenvalue weighted by molar-refractivity contribution is -0.216. The average Bonchev–Trinajstić information content (AvgIpc) is 2.58. The highest BCUT2D eigenvalue weighted by Gasteiger charge is 2.51. The fourth-order valence-corrected chi connectivity index (χ4v) is 3.22. The molecule has 0 amide bonds. The van der Waals surface area contributed by atoms with Crippen LogP contribution < -0.4 is 5.63 Å². The van der Waals surface area contributed by atoms with Crippen LogP contribution in [-0.2, 0) is 11.1 Å². The summed E-state index contributed by atoms with van der Waals surface area (Å²) in [6, 6.07) is 11.4. The van der Waals surface area contributed by atoms with E-state index in [1.807, 2.05) is 64.1 Å². The first-order valence-corrected chi connectivity index (χ1v) is 7.00. The van der Waals surface area contributed by atoms with Gasteiger partial charge in [-0.05, 0) is 39.3 Å². The average molecular weight is 285 g/mol. The van der Waals surface area contributed by atoms with E-state index < -0.39 is 11.1 Å². The van der Waals surface area contributed by atoms with Gasteiger partial charge in [0.1, 0.15) is 5.76 Å². The molecule has 1 aromatic heterocycles. The highest BCUT2D eigenvalue weighted by Crippen LogP contribution is 2.47. The highest BCUT2D eigenvalue weighted by atomic mass is 16.5. The Balaban J connectivity index is 2.29. The van der Waals surface area contributed by atoms with Crippen molar-refractivity contribution in [2.45, 2.75) is 38.8 Å². The second kappa shape index (κ2) is 4.29. The van der Waals surface area contributed by atoms with Crippen LogP contribution in [-0.4, -0.2) is 10.3 Å². The van der Waals surface area contributed by atoms with Crippen molar-refractivity contribution in [1.82, 2.24) is 5.06 Å². The summed E-state index contributed by atoms with van der Waals surface area (Å²) in [4.78, 5) is 12.4. The zero-order chi connectivity index (χ0) is 15.4. The maximum atomic E-state index is 12.4. The standard InChI is InChI=1S/C17H19NO3/c1-16(2)12-10-13(11-8-6-5-7-9-11)21-15(19)14(12)17(3,4)18(16)20/h5-10,20H,1-4H3. The topological polar surface area (TPSA) is 53.7 Å². The highest BCUT2D eigenvalue weighted by molar-refractivity contribution is 5.59. The van der Waals surface area contributed by atoms with Gasteiger partial charge in [-0.15, -0.1) is 0 Å². The molecule has 0 saturated heterocycles. The van der Waals surface area contributed by atoms with Crippen LogP contribution >= 0.6 is 0 Å². The number of hydrogen-bond acceptors (Lipinski definition) is 4. The number of benzene rings is 1. The van der Waals surface area contributed by atoms with Gasteiger partial charge < -0.3 is 9.62 Å². The Labute approximate surface area is 123 Å². The van der Waals surface area contributed by atoms with Gasteiger partial charge in [-0.3, -0.25) is 0 Å². The third kappa shape index (κ3) is 1.87. The largest absolute Gasteiger partial charge is 0.422 e. The molecule has 21 heavy (non-hydrogen) atoms. The van der Waals surface area contributed by atoms with Crippen LogP contribution in [0.25, 0.3) is 11.3 Å². The molecule has 1 aromatic carbocycles. The first kappa shape index (κ1) is 14.0. The van der Waals surface area contributed by atoms with Crippen LogP contribution in [0.5, 0.6) is 0 Å². The smallest absolute Gasteiger partial charge is 0.341 e. The van der Waals surface area contributed by atoms with Gasteiger partial charge in [0.2, 0.25) is 0 Å². The predicted octanol–water partition coefficient (Wildman–Crippen LogP) is 3.48. The van der Waals surface area contributed by atoms with Crippen LogP contribution in [0.4, 0.5) is 0 Å². The Morgan fingerprint density at radius 1 is 1.05 bits per heavy atom. The van der Waals surface area contributed by atoms with Gasteiger partial charge in [0.05, 0.1) is 16.6 Å². The maximum Gasteiger partial charge on any atom is 0.341 e. The SMILES string of the molecule is CC1(C)c2cc(-c3ccccc3)oc(=O)c2C(C)(C)N1O. The fraction of sp³-hybridized carbons (Fsp3) is 0.353. The molecule has 0 fully saturated rings. The molecule has 4 heteroatoms. The van der Waals surface area contributed by atoms with Crippen LogP contribution in [0.3, 0.4) is 0 Å². The summed E-state index contributed by atoms with van der Waals surface area (Å²) in [6.07, 6.45) is 0. The lowest BCUT2D eigenvalue weighted by Gasteiger charge is -2.34. The molecule has 0 radical (unpaired) electrons. The van der Waals surface area contributed by atoms with E-state index in [1.54, 1.807) is 0 Å². The zero-order valence-electron chi connectivity index (χ0n) is 12.7. The molecule has 0 saturated carbocycles. The third-order valence-electron chi connectivity index (χ3n) is 4.34. The Morgan fingerprint density at radius 3 is 2.29 bits per heavy atom. The normalized spacial score (nSPS) is 19.5. The van der Waals surface area contributed by atoms with Gasteiger partial charge in [-0.1, -0.05) is 30.3 Å². The van der Waals surface area contributed by atoms with Crippen LogP contribution in [0, 0.1) is 0 Å². The summed E-state index contributed by atoms with van der Waals surface area (Å²) in [7, 11) is 0. The van der Waals surface area contributed by atoms with E-state index in [2.05, 4.69) is 0 Å². The second-order valence-electron chi connectivity index (χ2n) is 6.48. The van der Waals surface area contributed by atoms with Crippen LogP contribution in [0.15, 0.2) is 45.6 Å². The van der Waals surface area contributed by atoms with E-state index in [9.17, 15) is 10.0 Å². The van der Waals surface area contributed by atoms with E-state index in [4.69, 9.17) is 4.42 Å². The summed E-state index contributed by atoms with van der Waals surface area (Å²) in [5, 5.41) is 11.7. The second-order valence-corrected chi connectivity index (χ2v) is 6.48. The number of hydroxylamine groups is 2. The van der Waals surface area contributed by atoms with Crippen molar-refractivity contribution < 1.29 is 9.62 Å². The molecule has 2 aromatic rings. The minimum absolute atomic E-state index is 0.388. The first-order chi connectivity index (χ1) is 9.76. The molecule has 1 N–H and O–H groups in total. The molecule has 110 valence electrons. The molecule has 0 bridgehead atoms. The molecule has 2 heterocycles. The van der Waals surface area contributed by atoms with Crippen molar-refractivity contribution in [2.24, 2.45) is 0 Å². The van der Waals surface area contributed by atoms with Crippen LogP contribution in [0.2, 0.25) is 0 Å². The van der Waals surface area contributed by atoms with Gasteiger partial charge in [-0.25, -0.2) is 4.79 Å². The minimum Gasteiger partial charge on any atom is -0.422 e. The van der Waals surface area contributed by atoms with E-state index in [-0.39, 0.29) is 5.63 Å². The van der Waals surface area contributed by atoms with Gasteiger partial charge in [0.25, 0.3) is 0 Å². The van der Waals surface area contributed by atoms with Crippen molar-refractivity contribution in [1.29, 1.82) is 0 Å². The Bertz CT molecular complexity index is 744. The Kier molecular flexibility index (Phi) is 2.87. The summed E-state index contributed by atoms with van der Waals surface area (Å²) < 4.78 is 5.49. The molecule has 4 nitrogen and oxygen atoms in total. The van der Waals surface area contributed by atoms with Gasteiger partial charge in [0.15, 0.2) is 0 Å². The maximum absolute atomic E-state index is 12.4. The molecule has 0 atom stereocenters. The van der Waals surface area contributed by atoms with Crippen molar-refractivity contribution in [3.63, 3.8) is 0 Å². The zero-order valence-corrected chi connectivity index (χ0v) is 12.7. The fourth-order valence-electron chi connectivity index (χ4n) is 3.22. The van der Waals surface area contributed by atoms with Crippen LogP contribution in [0.1, 0.15) is 38.8 Å². The molecular formula is C17H19NO3. The van der Waals surface area contributed by atoms with Gasteiger partial charge in [0, 0.05) is 5.56 Å². The Morgan fingerprint density at radius 2 is 1.67 bits per heavy atom. The molecule has 3 rings (SSSR count). The molecule has 1 aliphatic rings. The monoisotopic (exact) mass is 285 g/mol. The molecule has 1 aliphatic heterocycles. The lowest BCUT2D eigenvalue weighted by Crippen LogP contribution is -2.43. The number of rotatable bonds is 1. The van der Waals surface area contributed by atoms with E-state index in [0.717, 1.165) is 11.1 Å². The number of nitrogens with zero attached hydrogens (tertiary/aromatic N) is 1. The minimum atomic E-state index is -0.769. The van der Waals surface area contributed by atoms with E-state index in [1.165, 1.54) is 5.06 Å². The summed E-state index contributed by atoms with van der Waals surface area (Å²) in [6.45, 7) is 7.43. The first-order valence-electron chi connectivity index (χ1n) is 7.00. The number of hydrogen-bond donors (Lipinski definition) is 1. The van der Waals surface area contributed by atoms with E-state index in [0.29, 0.717) is 11.3 Å². The van der Waals surface area contributed by atoms with Crippen molar-refractivity contribution >= 4 is 0 Å². The van der Waals surface area contributed by atoms with Crippen molar-refractivity contribution in [3.05, 3.63) is 57.9 Å². The van der Waals surface area contributed by atoms with Gasteiger partial charge >= 0.3 is 5.63 Å². The van der Waals surface area contributed by atoms with Gasteiger partial charge in [-0.2, -0.15) is 5.06 Å². The quantitative estimate of drug-likeness (QED) is 0.871. The van der Waals surface area contributed by atoms with Crippen molar-refractivity contribution in [3.8, 4) is 11.3 Å².